The predicted octanol–water partition coefficient (Wildman–Crippen LogP) is 3.61. The van der Waals surface area contributed by atoms with Crippen LogP contribution >= 0.6 is 23.7 Å². The van der Waals surface area contributed by atoms with Gasteiger partial charge in [-0.05, 0) is 43.0 Å². The van der Waals surface area contributed by atoms with Gasteiger partial charge in [0, 0.05) is 23.4 Å². The van der Waals surface area contributed by atoms with E-state index >= 15 is 0 Å². The van der Waals surface area contributed by atoms with E-state index in [-0.39, 0.29) is 36.0 Å². The van der Waals surface area contributed by atoms with Gasteiger partial charge in [-0.3, -0.25) is 4.79 Å². The van der Waals surface area contributed by atoms with Crippen LogP contribution < -0.4 is 11.1 Å². The molecular weight excluding hydrogens is 349 g/mol. The second-order valence-electron chi connectivity index (χ2n) is 5.96. The van der Waals surface area contributed by atoms with E-state index in [1.165, 1.54) is 23.5 Å². The molecule has 1 saturated carbocycles. The molecule has 2 aromatic rings. The van der Waals surface area contributed by atoms with Crippen LogP contribution in [-0.4, -0.2) is 17.4 Å². The van der Waals surface area contributed by atoms with Crippen molar-refractivity contribution in [3.8, 4) is 0 Å². The van der Waals surface area contributed by atoms with Gasteiger partial charge in [0.2, 0.25) is 5.91 Å². The molecule has 130 valence electrons. The lowest BCUT2D eigenvalue weighted by atomic mass is 9.95. The van der Waals surface area contributed by atoms with E-state index in [4.69, 9.17) is 5.73 Å². The molecule has 0 unspecified atom stereocenters. The van der Waals surface area contributed by atoms with E-state index in [2.05, 4.69) is 10.3 Å². The number of anilines is 1. The van der Waals surface area contributed by atoms with Gasteiger partial charge in [-0.2, -0.15) is 0 Å². The summed E-state index contributed by atoms with van der Waals surface area (Å²) in [4.78, 5) is 17.7. The first-order chi connectivity index (χ1) is 11.2. The van der Waals surface area contributed by atoms with Crippen molar-refractivity contribution in [3.05, 3.63) is 46.7 Å². The predicted molar refractivity (Wildman–Crippen MR) is 97.1 cm³/mol. The minimum atomic E-state index is -0.239. The molecule has 3 rings (SSSR count). The fraction of sp³-hybridized carbons (Fsp3) is 0.412. The number of nitrogens with two attached hydrogens (primary N) is 1. The highest BCUT2D eigenvalue weighted by Crippen LogP contribution is 2.32. The van der Waals surface area contributed by atoms with Crippen molar-refractivity contribution >= 4 is 34.8 Å². The Balaban J connectivity index is 0.00000208. The summed E-state index contributed by atoms with van der Waals surface area (Å²) in [6.07, 6.45) is 5.44. The molecule has 1 heterocycles. The number of benzene rings is 1. The van der Waals surface area contributed by atoms with Crippen LogP contribution in [0.1, 0.15) is 29.7 Å². The number of nitrogens with one attached hydrogen (secondary N) is 1. The van der Waals surface area contributed by atoms with Gasteiger partial charge in [-0.15, -0.1) is 23.7 Å². The normalized spacial score (nSPS) is 19.8. The van der Waals surface area contributed by atoms with Crippen molar-refractivity contribution in [3.63, 3.8) is 0 Å². The molecule has 1 aliphatic carbocycles. The van der Waals surface area contributed by atoms with Crippen LogP contribution in [-0.2, 0) is 11.2 Å². The molecule has 24 heavy (non-hydrogen) atoms. The molecule has 1 amide bonds. The minimum absolute atomic E-state index is 0. The molecule has 1 aliphatic rings. The van der Waals surface area contributed by atoms with Gasteiger partial charge < -0.3 is 11.1 Å². The summed E-state index contributed by atoms with van der Waals surface area (Å²) >= 11 is 1.46. The molecular formula is C17H21ClFN3OS. The summed E-state index contributed by atoms with van der Waals surface area (Å²) in [5, 5.41) is 3.54. The van der Waals surface area contributed by atoms with Crippen LogP contribution in [0.25, 0.3) is 0 Å². The molecule has 2 atom stereocenters. The van der Waals surface area contributed by atoms with E-state index in [0.717, 1.165) is 29.7 Å². The number of carbonyl (C=O) groups is 1. The summed E-state index contributed by atoms with van der Waals surface area (Å²) in [6.45, 7) is 0.561. The van der Waals surface area contributed by atoms with Crippen LogP contribution in [0.15, 0.2) is 30.5 Å². The topological polar surface area (TPSA) is 68.0 Å². The fourth-order valence-electron chi connectivity index (χ4n) is 3.11. The van der Waals surface area contributed by atoms with Gasteiger partial charge in [0.25, 0.3) is 0 Å². The molecule has 0 radical (unpaired) electrons. The molecule has 0 bridgehead atoms. The van der Waals surface area contributed by atoms with E-state index in [1.807, 2.05) is 0 Å². The number of hydrogen-bond donors (Lipinski definition) is 2. The zero-order chi connectivity index (χ0) is 16.2. The maximum atomic E-state index is 12.9. The van der Waals surface area contributed by atoms with E-state index in [1.54, 1.807) is 18.3 Å². The number of halogens is 2. The van der Waals surface area contributed by atoms with Crippen LogP contribution in [0.2, 0.25) is 0 Å². The van der Waals surface area contributed by atoms with Crippen molar-refractivity contribution in [2.24, 2.45) is 17.6 Å². The number of aromatic nitrogens is 1. The van der Waals surface area contributed by atoms with Crippen molar-refractivity contribution < 1.29 is 9.18 Å². The lowest BCUT2D eigenvalue weighted by molar-refractivity contribution is -0.120. The first-order valence-corrected chi connectivity index (χ1v) is 8.67. The second-order valence-corrected chi connectivity index (χ2v) is 7.07. The third kappa shape index (κ3) is 4.53. The zero-order valence-electron chi connectivity index (χ0n) is 13.2. The number of thiazole rings is 1. The molecule has 1 fully saturated rings. The second kappa shape index (κ2) is 8.55. The highest BCUT2D eigenvalue weighted by Gasteiger charge is 2.32. The quantitative estimate of drug-likeness (QED) is 0.845. The SMILES string of the molecule is Cl.NC[C@H]1CCC[C@H]1C(=O)Nc1ncc(Cc2ccc(F)cc2)s1. The lowest BCUT2D eigenvalue weighted by Crippen LogP contribution is -2.29. The highest BCUT2D eigenvalue weighted by atomic mass is 35.5. The van der Waals surface area contributed by atoms with E-state index in [9.17, 15) is 9.18 Å². The Bertz CT molecular complexity index is 677. The third-order valence-electron chi connectivity index (χ3n) is 4.37. The molecule has 0 aliphatic heterocycles. The number of nitrogens with zero attached hydrogens (tertiary/aromatic N) is 1. The monoisotopic (exact) mass is 369 g/mol. The standard InChI is InChI=1S/C17H20FN3OS.ClH/c18-13-6-4-11(5-7-13)8-14-10-20-17(23-14)21-16(22)15-3-1-2-12(15)9-19;/h4-7,10,12,15H,1-3,8-9,19H2,(H,20,21,22);1H/t12-,15-;/m1./s1. The van der Waals surface area contributed by atoms with Gasteiger partial charge in [0.05, 0.1) is 0 Å². The number of hydrogen-bond acceptors (Lipinski definition) is 4. The Morgan fingerprint density at radius 1 is 1.33 bits per heavy atom. The lowest BCUT2D eigenvalue weighted by Gasteiger charge is -2.16. The van der Waals surface area contributed by atoms with Crippen molar-refractivity contribution in [1.29, 1.82) is 0 Å². The van der Waals surface area contributed by atoms with Crippen molar-refractivity contribution in [1.82, 2.24) is 4.98 Å². The fourth-order valence-corrected chi connectivity index (χ4v) is 3.96. The largest absolute Gasteiger partial charge is 0.330 e. The number of rotatable bonds is 5. The Labute approximate surface area is 151 Å². The van der Waals surface area contributed by atoms with Gasteiger partial charge in [-0.25, -0.2) is 9.37 Å². The van der Waals surface area contributed by atoms with Gasteiger partial charge in [-0.1, -0.05) is 18.6 Å². The molecule has 0 saturated heterocycles. The van der Waals surface area contributed by atoms with Crippen LogP contribution in [0, 0.1) is 17.7 Å². The summed E-state index contributed by atoms with van der Waals surface area (Å²) in [5.74, 6) is 0.0794. The summed E-state index contributed by atoms with van der Waals surface area (Å²) in [7, 11) is 0. The van der Waals surface area contributed by atoms with Crippen LogP contribution in [0.4, 0.5) is 9.52 Å². The first kappa shape index (κ1) is 18.8. The van der Waals surface area contributed by atoms with E-state index < -0.39 is 0 Å². The van der Waals surface area contributed by atoms with E-state index in [0.29, 0.717) is 18.1 Å². The average molecular weight is 370 g/mol. The smallest absolute Gasteiger partial charge is 0.229 e. The number of carbonyl (C=O) groups excluding carboxylic acids is 1. The zero-order valence-corrected chi connectivity index (χ0v) is 14.8. The van der Waals surface area contributed by atoms with Crippen molar-refractivity contribution in [2.75, 3.05) is 11.9 Å². The molecule has 7 heteroatoms. The molecule has 4 nitrogen and oxygen atoms in total. The highest BCUT2D eigenvalue weighted by molar-refractivity contribution is 7.15. The molecule has 0 spiro atoms. The maximum Gasteiger partial charge on any atom is 0.229 e. The molecule has 1 aromatic carbocycles. The Hall–Kier alpha value is -1.50. The maximum absolute atomic E-state index is 12.9. The Morgan fingerprint density at radius 2 is 2.08 bits per heavy atom. The van der Waals surface area contributed by atoms with Gasteiger partial charge >= 0.3 is 0 Å². The van der Waals surface area contributed by atoms with Crippen LogP contribution in [0.3, 0.4) is 0 Å². The Morgan fingerprint density at radius 3 is 2.79 bits per heavy atom. The van der Waals surface area contributed by atoms with Gasteiger partial charge in [0.15, 0.2) is 5.13 Å². The van der Waals surface area contributed by atoms with Crippen molar-refractivity contribution in [2.45, 2.75) is 25.7 Å². The summed E-state index contributed by atoms with van der Waals surface area (Å²) in [5.41, 5.74) is 6.76. The Kier molecular flexibility index (Phi) is 6.71. The summed E-state index contributed by atoms with van der Waals surface area (Å²) in [6, 6.07) is 6.42. The molecule has 1 aromatic heterocycles. The minimum Gasteiger partial charge on any atom is -0.330 e. The molecule has 3 N–H and O–H groups in total. The number of amides is 1. The first-order valence-electron chi connectivity index (χ1n) is 7.86. The van der Waals surface area contributed by atoms with Gasteiger partial charge in [0.1, 0.15) is 5.82 Å². The third-order valence-corrected chi connectivity index (χ3v) is 5.29. The average Bonchev–Trinajstić information content (AvgIpc) is 3.18. The van der Waals surface area contributed by atoms with Crippen LogP contribution in [0.5, 0.6) is 0 Å². The summed E-state index contributed by atoms with van der Waals surface area (Å²) < 4.78 is 12.9.